The van der Waals surface area contributed by atoms with Crippen LogP contribution in [0.4, 0.5) is 17.4 Å². The van der Waals surface area contributed by atoms with Gasteiger partial charge in [0.05, 0.1) is 11.3 Å². The smallest absolute Gasteiger partial charge is 0.361 e. The van der Waals surface area contributed by atoms with Gasteiger partial charge in [0, 0.05) is 31.1 Å². The number of fused-ring (bicyclic) bond motifs is 1. The third kappa shape index (κ3) is 3.97. The summed E-state index contributed by atoms with van der Waals surface area (Å²) in [7, 11) is 3.90. The van der Waals surface area contributed by atoms with Gasteiger partial charge in [-0.2, -0.15) is 0 Å². The van der Waals surface area contributed by atoms with Gasteiger partial charge in [0.1, 0.15) is 10.6 Å². The Morgan fingerprint density at radius 2 is 2.07 bits per heavy atom. The third-order valence-corrected chi connectivity index (χ3v) is 4.90. The molecule has 9 heteroatoms. The van der Waals surface area contributed by atoms with Gasteiger partial charge in [-0.05, 0) is 25.1 Å². The molecule has 0 unspecified atom stereocenters. The van der Waals surface area contributed by atoms with Crippen molar-refractivity contribution < 1.29 is 13.9 Å². The highest BCUT2D eigenvalue weighted by molar-refractivity contribution is 7.21. The van der Waals surface area contributed by atoms with Crippen LogP contribution < -0.4 is 4.90 Å². The van der Waals surface area contributed by atoms with Crippen LogP contribution in [0.2, 0.25) is 0 Å². The number of rotatable bonds is 6. The van der Waals surface area contributed by atoms with E-state index in [2.05, 4.69) is 20.4 Å². The van der Waals surface area contributed by atoms with Crippen LogP contribution in [-0.2, 0) is 4.74 Å². The molecule has 0 amide bonds. The highest BCUT2D eigenvalue weighted by atomic mass is 32.1. The van der Waals surface area contributed by atoms with Crippen LogP contribution in [-0.4, -0.2) is 36.9 Å². The fourth-order valence-electron chi connectivity index (χ4n) is 2.46. The molecule has 2 aromatic heterocycles. The van der Waals surface area contributed by atoms with Crippen molar-refractivity contribution >= 4 is 44.8 Å². The maximum absolute atomic E-state index is 12.1. The summed E-state index contributed by atoms with van der Waals surface area (Å²) >= 11 is 1.33. The summed E-state index contributed by atoms with van der Waals surface area (Å²) in [4.78, 5) is 14.6. The molecule has 0 N–H and O–H groups in total. The fourth-order valence-corrected chi connectivity index (χ4v) is 3.49. The number of carbonyl (C=O) groups excluding carboxylic acids is 1. The average molecular weight is 387 g/mol. The van der Waals surface area contributed by atoms with Crippen LogP contribution in [0.5, 0.6) is 0 Å². The molecule has 0 fully saturated rings. The SMILES string of the molecule is CCOC(=O)c1cc2c(N(C)C)ccc(N=Nc3nnc(C(C)C)o3)c2s1. The van der Waals surface area contributed by atoms with E-state index in [-0.39, 0.29) is 17.9 Å². The van der Waals surface area contributed by atoms with Crippen molar-refractivity contribution in [2.45, 2.75) is 26.7 Å². The predicted octanol–water partition coefficient (Wildman–Crippen LogP) is 5.07. The molecule has 0 bridgehead atoms. The zero-order chi connectivity index (χ0) is 19.6. The van der Waals surface area contributed by atoms with Crippen molar-refractivity contribution in [3.8, 4) is 0 Å². The van der Waals surface area contributed by atoms with Gasteiger partial charge >= 0.3 is 12.0 Å². The summed E-state index contributed by atoms with van der Waals surface area (Å²) < 4.78 is 11.4. The molecule has 1 aromatic carbocycles. The molecule has 0 spiro atoms. The average Bonchev–Trinajstić information content (AvgIpc) is 3.27. The summed E-state index contributed by atoms with van der Waals surface area (Å²) in [6.07, 6.45) is 0. The number of hydrogen-bond acceptors (Lipinski definition) is 9. The van der Waals surface area contributed by atoms with Gasteiger partial charge in [-0.1, -0.05) is 24.1 Å². The predicted molar refractivity (Wildman–Crippen MR) is 105 cm³/mol. The van der Waals surface area contributed by atoms with Crippen molar-refractivity contribution in [2.75, 3.05) is 25.6 Å². The zero-order valence-electron chi connectivity index (χ0n) is 15.9. The van der Waals surface area contributed by atoms with Gasteiger partial charge in [0.25, 0.3) is 0 Å². The highest BCUT2D eigenvalue weighted by Crippen LogP contribution is 2.40. The molecule has 0 saturated heterocycles. The largest absolute Gasteiger partial charge is 0.462 e. The molecular weight excluding hydrogens is 366 g/mol. The lowest BCUT2D eigenvalue weighted by molar-refractivity contribution is 0.0532. The van der Waals surface area contributed by atoms with Crippen LogP contribution >= 0.6 is 11.3 Å². The number of anilines is 1. The lowest BCUT2D eigenvalue weighted by Gasteiger charge is -2.13. The first kappa shape index (κ1) is 19.0. The van der Waals surface area contributed by atoms with Crippen molar-refractivity contribution in [3.05, 3.63) is 29.0 Å². The molecule has 0 atom stereocenters. The molecule has 0 radical (unpaired) electrons. The molecule has 0 saturated carbocycles. The summed E-state index contributed by atoms with van der Waals surface area (Å²) in [6, 6.07) is 5.72. The normalized spacial score (nSPS) is 11.6. The van der Waals surface area contributed by atoms with Gasteiger partial charge in [0.15, 0.2) is 0 Å². The number of benzene rings is 1. The Hall–Kier alpha value is -2.81. The summed E-state index contributed by atoms with van der Waals surface area (Å²) in [5, 5.41) is 17.1. The van der Waals surface area contributed by atoms with Crippen molar-refractivity contribution in [1.82, 2.24) is 10.2 Å². The van der Waals surface area contributed by atoms with E-state index < -0.39 is 0 Å². The molecule has 8 nitrogen and oxygen atoms in total. The molecule has 142 valence electrons. The van der Waals surface area contributed by atoms with Gasteiger partial charge < -0.3 is 14.1 Å². The molecule has 3 rings (SSSR count). The second kappa shape index (κ2) is 7.83. The fraction of sp³-hybridized carbons (Fsp3) is 0.389. The maximum Gasteiger partial charge on any atom is 0.361 e. The first-order valence-corrected chi connectivity index (χ1v) is 9.38. The van der Waals surface area contributed by atoms with E-state index in [0.29, 0.717) is 23.1 Å². The molecule has 0 aliphatic heterocycles. The number of thiophene rings is 1. The Morgan fingerprint density at radius 1 is 1.30 bits per heavy atom. The molecule has 3 aromatic rings. The van der Waals surface area contributed by atoms with E-state index in [1.54, 1.807) is 6.92 Å². The molecule has 2 heterocycles. The van der Waals surface area contributed by atoms with E-state index in [1.165, 1.54) is 11.3 Å². The van der Waals surface area contributed by atoms with Crippen LogP contribution in [0, 0.1) is 0 Å². The minimum Gasteiger partial charge on any atom is -0.462 e. The van der Waals surface area contributed by atoms with Gasteiger partial charge in [-0.15, -0.1) is 21.5 Å². The molecule has 0 aliphatic rings. The Balaban J connectivity index is 2.02. The lowest BCUT2D eigenvalue weighted by Crippen LogP contribution is -2.08. The second-order valence-corrected chi connectivity index (χ2v) is 7.40. The highest BCUT2D eigenvalue weighted by Gasteiger charge is 2.17. The maximum atomic E-state index is 12.1. The number of azo groups is 1. The zero-order valence-corrected chi connectivity index (χ0v) is 16.7. The van der Waals surface area contributed by atoms with Crippen LogP contribution in [0.25, 0.3) is 10.1 Å². The number of hydrogen-bond donors (Lipinski definition) is 0. The van der Waals surface area contributed by atoms with Gasteiger partial charge in [-0.25, -0.2) is 4.79 Å². The van der Waals surface area contributed by atoms with Gasteiger partial charge in [0.2, 0.25) is 5.89 Å². The van der Waals surface area contributed by atoms with E-state index >= 15 is 0 Å². The third-order valence-electron chi connectivity index (χ3n) is 3.77. The Kier molecular flexibility index (Phi) is 5.50. The number of carbonyl (C=O) groups is 1. The first-order valence-electron chi connectivity index (χ1n) is 8.56. The van der Waals surface area contributed by atoms with Crippen LogP contribution in [0.3, 0.4) is 0 Å². The second-order valence-electron chi connectivity index (χ2n) is 6.35. The molecule has 27 heavy (non-hydrogen) atoms. The van der Waals surface area contributed by atoms with E-state index in [0.717, 1.165) is 15.8 Å². The quantitative estimate of drug-likeness (QED) is 0.433. The topological polar surface area (TPSA) is 93.2 Å². The monoisotopic (exact) mass is 387 g/mol. The van der Waals surface area contributed by atoms with Crippen LogP contribution in [0.15, 0.2) is 32.8 Å². The van der Waals surface area contributed by atoms with E-state index in [4.69, 9.17) is 9.15 Å². The standard InChI is InChI=1S/C18H21N5O3S/c1-6-25-17(24)14-9-11-13(23(4)5)8-7-12(15(11)27-14)19-21-18-22-20-16(26-18)10(2)3/h7-10H,6H2,1-5H3. The van der Waals surface area contributed by atoms with Crippen molar-refractivity contribution in [1.29, 1.82) is 0 Å². The summed E-state index contributed by atoms with van der Waals surface area (Å²) in [5.74, 6) is 0.291. The summed E-state index contributed by atoms with van der Waals surface area (Å²) in [5.41, 5.74) is 1.61. The number of aromatic nitrogens is 2. The number of esters is 1. The van der Waals surface area contributed by atoms with E-state index in [9.17, 15) is 4.79 Å². The molecule has 0 aliphatic carbocycles. The molecular formula is C18H21N5O3S. The Bertz CT molecular complexity index is 990. The lowest BCUT2D eigenvalue weighted by atomic mass is 10.2. The van der Waals surface area contributed by atoms with Gasteiger partial charge in [-0.3, -0.25) is 0 Å². The Morgan fingerprint density at radius 3 is 2.70 bits per heavy atom. The first-order chi connectivity index (χ1) is 12.9. The van der Waals surface area contributed by atoms with Crippen molar-refractivity contribution in [3.63, 3.8) is 0 Å². The van der Waals surface area contributed by atoms with Crippen molar-refractivity contribution in [2.24, 2.45) is 10.2 Å². The minimum atomic E-state index is -0.343. The number of ether oxygens (including phenoxy) is 1. The number of nitrogens with zero attached hydrogens (tertiary/aromatic N) is 5. The van der Waals surface area contributed by atoms with E-state index in [1.807, 2.05) is 51.0 Å². The minimum absolute atomic E-state index is 0.103. The Labute approximate surface area is 160 Å². The summed E-state index contributed by atoms with van der Waals surface area (Å²) in [6.45, 7) is 6.03. The van der Waals surface area contributed by atoms with Crippen LogP contribution in [0.1, 0.15) is 42.3 Å².